The van der Waals surface area contributed by atoms with Crippen molar-refractivity contribution >= 4 is 33.5 Å². The van der Waals surface area contributed by atoms with Gasteiger partial charge in [0, 0.05) is 12.4 Å². The topological polar surface area (TPSA) is 40.3 Å². The molecule has 0 saturated heterocycles. The van der Waals surface area contributed by atoms with Crippen molar-refractivity contribution < 1.29 is 0 Å². The van der Waals surface area contributed by atoms with E-state index in [-0.39, 0.29) is 21.3 Å². The number of allylic oxidation sites excluding steroid dienone is 1. The highest BCUT2D eigenvalue weighted by atomic mass is 127. The Hall–Kier alpha value is -0.590. The molecule has 0 radical (unpaired) electrons. The number of aliphatic imine (C=N–C) groups is 1. The zero-order valence-corrected chi connectivity index (χ0v) is 9.06. The fourth-order valence-corrected chi connectivity index (χ4v) is 2.09. The summed E-state index contributed by atoms with van der Waals surface area (Å²) in [4.78, 5) is 4.21. The Balaban J connectivity index is 2.28. The van der Waals surface area contributed by atoms with E-state index in [0.717, 1.165) is 5.96 Å². The summed E-state index contributed by atoms with van der Waals surface area (Å²) in [6.07, 6.45) is 3.90. The Morgan fingerprint density at radius 3 is 3.08 bits per heavy atom. The number of hydrogen-bond acceptors (Lipinski definition) is 4. The zero-order chi connectivity index (χ0) is 8.55. The molecule has 0 atom stereocenters. The second-order valence-electron chi connectivity index (χ2n) is 2.92. The molecule has 64 valence electrons. The first-order valence-electron chi connectivity index (χ1n) is 3.75. The van der Waals surface area contributed by atoms with Gasteiger partial charge in [0.2, 0.25) is 0 Å². The molecule has 0 aliphatic carbocycles. The van der Waals surface area contributed by atoms with E-state index in [0.29, 0.717) is 5.92 Å². The third-order valence-corrected chi connectivity index (χ3v) is 3.01. The first-order chi connectivity index (χ1) is 5.77. The van der Waals surface area contributed by atoms with Gasteiger partial charge in [0.15, 0.2) is 21.3 Å². The van der Waals surface area contributed by atoms with Crippen LogP contribution in [0.5, 0.6) is 0 Å². The molecule has 2 aliphatic rings. The Labute approximate surface area is 81.6 Å². The van der Waals surface area contributed by atoms with Crippen LogP contribution >= 0.6 is 21.3 Å². The van der Waals surface area contributed by atoms with E-state index < -0.39 is 0 Å². The summed E-state index contributed by atoms with van der Waals surface area (Å²) in [6.45, 7) is 4.29. The number of halogens is 1. The van der Waals surface area contributed by atoms with E-state index in [2.05, 4.69) is 25.3 Å². The van der Waals surface area contributed by atoms with Crippen LogP contribution in [-0.2, 0) is 0 Å². The molecule has 0 aromatic rings. The summed E-state index contributed by atoms with van der Waals surface area (Å²) in [7, 11) is 0. The summed E-state index contributed by atoms with van der Waals surface area (Å²) in [6, 6.07) is 0. The Morgan fingerprint density at radius 1 is 1.50 bits per heavy atom. The fraction of sp³-hybridized carbons (Fsp3) is 0.429. The lowest BCUT2D eigenvalue weighted by molar-refractivity contribution is 0.602. The molecule has 0 spiro atoms. The smallest absolute Gasteiger partial charge is 0.219 e. The average Bonchev–Trinajstić information content (AvgIpc) is 2.49. The third-order valence-electron chi connectivity index (χ3n) is 1.70. The minimum atomic E-state index is -0.370. The van der Waals surface area contributed by atoms with E-state index in [9.17, 15) is 0 Å². The summed E-state index contributed by atoms with van der Waals surface area (Å²) in [5.74, 6) is 1.26. The molecule has 0 N–H and O–H groups in total. The van der Waals surface area contributed by atoms with Crippen molar-refractivity contribution in [3.05, 3.63) is 11.8 Å². The van der Waals surface area contributed by atoms with Crippen LogP contribution < -0.4 is 0 Å². The normalized spacial score (nSPS) is 20.4. The van der Waals surface area contributed by atoms with E-state index in [1.54, 1.807) is 5.01 Å². The molecule has 0 saturated carbocycles. The van der Waals surface area contributed by atoms with Crippen LogP contribution in [0.1, 0.15) is 13.8 Å². The number of nitrogens with zero attached hydrogens (tertiary/aromatic N) is 4. The summed E-state index contributed by atoms with van der Waals surface area (Å²) in [5, 5.41) is 1.79. The number of hydrogen-bond donors (Lipinski definition) is 0. The van der Waals surface area contributed by atoms with Crippen LogP contribution in [0.4, 0.5) is 0 Å². The van der Waals surface area contributed by atoms with Crippen LogP contribution in [-0.4, -0.2) is 17.2 Å². The van der Waals surface area contributed by atoms with Crippen molar-refractivity contribution in [2.75, 3.05) is 0 Å². The number of rotatable bonds is 1. The van der Waals surface area contributed by atoms with Gasteiger partial charge in [-0.05, 0) is 11.5 Å². The zero-order valence-electron chi connectivity index (χ0n) is 6.90. The summed E-state index contributed by atoms with van der Waals surface area (Å²) >= 11 is -0.370. The Morgan fingerprint density at radius 2 is 2.33 bits per heavy atom. The lowest BCUT2D eigenvalue weighted by Gasteiger charge is -2.15. The Bertz CT molecular complexity index is 313. The van der Waals surface area contributed by atoms with Gasteiger partial charge in [0.05, 0.1) is 0 Å². The van der Waals surface area contributed by atoms with E-state index in [1.165, 1.54) is 5.57 Å². The summed E-state index contributed by atoms with van der Waals surface area (Å²) in [5.41, 5.74) is 1.21. The maximum absolute atomic E-state index is 4.24. The van der Waals surface area contributed by atoms with Crippen LogP contribution in [0, 0.1) is 5.92 Å². The van der Waals surface area contributed by atoms with Gasteiger partial charge in [-0.2, -0.15) is 8.21 Å². The number of fused-ring (bicyclic) bond motifs is 1. The predicted molar refractivity (Wildman–Crippen MR) is 57.1 cm³/mol. The SMILES string of the molecule is CC(C)C1=CN2N=IN=C2N=C1. The molecule has 0 unspecified atom stereocenters. The van der Waals surface area contributed by atoms with Crippen molar-refractivity contribution in [2.45, 2.75) is 13.8 Å². The van der Waals surface area contributed by atoms with Crippen LogP contribution in [0.15, 0.2) is 23.2 Å². The van der Waals surface area contributed by atoms with Gasteiger partial charge < -0.3 is 0 Å². The van der Waals surface area contributed by atoms with Crippen molar-refractivity contribution in [3.8, 4) is 0 Å². The molecule has 12 heavy (non-hydrogen) atoms. The molecule has 2 heterocycles. The number of guanidine groups is 1. The molecule has 4 nitrogen and oxygen atoms in total. The maximum atomic E-state index is 4.24. The minimum absolute atomic E-state index is 0.370. The van der Waals surface area contributed by atoms with Gasteiger partial charge >= 0.3 is 0 Å². The van der Waals surface area contributed by atoms with Gasteiger partial charge in [-0.15, -0.1) is 3.25 Å². The van der Waals surface area contributed by atoms with Crippen molar-refractivity contribution in [2.24, 2.45) is 17.4 Å². The molecule has 0 aromatic carbocycles. The molecule has 0 fully saturated rings. The largest absolute Gasteiger partial charge is 0.257 e. The van der Waals surface area contributed by atoms with Gasteiger partial charge in [-0.3, -0.25) is 0 Å². The van der Waals surface area contributed by atoms with Crippen LogP contribution in [0.25, 0.3) is 0 Å². The van der Waals surface area contributed by atoms with Gasteiger partial charge in [-0.1, -0.05) is 13.8 Å². The quantitative estimate of drug-likeness (QED) is 0.677. The molecule has 0 bridgehead atoms. The minimum Gasteiger partial charge on any atom is -0.219 e. The highest BCUT2D eigenvalue weighted by molar-refractivity contribution is 14.1. The lowest BCUT2D eigenvalue weighted by atomic mass is 10.1. The second kappa shape index (κ2) is 3.04. The van der Waals surface area contributed by atoms with Gasteiger partial charge in [0.25, 0.3) is 5.96 Å². The molecular formula is C7H9IN4. The molecule has 5 heteroatoms. The molecule has 0 amide bonds. The van der Waals surface area contributed by atoms with Crippen molar-refractivity contribution in [1.82, 2.24) is 5.01 Å². The standard InChI is InChI=1S/C7H9IN4/c1-5(2)6-3-9-7-10-8-11-12(7)4-6/h3-5H,1-2H3. The Kier molecular flexibility index (Phi) is 2.03. The van der Waals surface area contributed by atoms with Gasteiger partial charge in [-0.25, -0.2) is 4.99 Å². The average molecular weight is 276 g/mol. The predicted octanol–water partition coefficient (Wildman–Crippen LogP) is 2.27. The van der Waals surface area contributed by atoms with Gasteiger partial charge in [0.1, 0.15) is 0 Å². The maximum Gasteiger partial charge on any atom is 0.257 e. The highest BCUT2D eigenvalue weighted by Crippen LogP contribution is 2.22. The van der Waals surface area contributed by atoms with Crippen LogP contribution in [0.3, 0.4) is 0 Å². The van der Waals surface area contributed by atoms with Crippen molar-refractivity contribution in [1.29, 1.82) is 0 Å². The third kappa shape index (κ3) is 1.33. The molecule has 0 aromatic heterocycles. The molecular weight excluding hydrogens is 267 g/mol. The van der Waals surface area contributed by atoms with E-state index >= 15 is 0 Å². The van der Waals surface area contributed by atoms with E-state index in [4.69, 9.17) is 0 Å². The molecule has 2 rings (SSSR count). The summed E-state index contributed by atoms with van der Waals surface area (Å²) < 4.78 is 8.43. The first kappa shape index (κ1) is 8.03. The van der Waals surface area contributed by atoms with E-state index in [1.807, 2.05) is 12.4 Å². The first-order valence-corrected chi connectivity index (χ1v) is 5.68. The molecule has 2 aliphatic heterocycles. The lowest BCUT2D eigenvalue weighted by Crippen LogP contribution is -2.20. The highest BCUT2D eigenvalue weighted by Gasteiger charge is 2.17. The fourth-order valence-electron chi connectivity index (χ4n) is 0.925. The second-order valence-corrected chi connectivity index (χ2v) is 4.27. The van der Waals surface area contributed by atoms with Crippen LogP contribution in [0.2, 0.25) is 0 Å². The monoisotopic (exact) mass is 276 g/mol. The van der Waals surface area contributed by atoms with Crippen molar-refractivity contribution in [3.63, 3.8) is 0 Å².